The van der Waals surface area contributed by atoms with Gasteiger partial charge in [0.2, 0.25) is 0 Å². The molecule has 1 amide bonds. The van der Waals surface area contributed by atoms with E-state index in [9.17, 15) is 4.79 Å². The molecule has 2 aromatic rings. The van der Waals surface area contributed by atoms with Crippen LogP contribution in [0, 0.1) is 0 Å². The molecular formula is C12H15N3O2. The molecule has 0 fully saturated rings. The van der Waals surface area contributed by atoms with Crippen molar-refractivity contribution in [3.63, 3.8) is 0 Å². The quantitative estimate of drug-likeness (QED) is 0.673. The Kier molecular flexibility index (Phi) is 3.74. The Hall–Kier alpha value is -1.85. The average Bonchev–Trinajstić information content (AvgIpc) is 2.73. The van der Waals surface area contributed by atoms with Crippen LogP contribution in [0.15, 0.2) is 30.5 Å². The number of nitrogens with one attached hydrogen (secondary N) is 3. The summed E-state index contributed by atoms with van der Waals surface area (Å²) >= 11 is 0. The Balaban J connectivity index is 1.93. The average molecular weight is 233 g/mol. The third-order valence-electron chi connectivity index (χ3n) is 2.43. The number of ether oxygens (including phenoxy) is 1. The predicted octanol–water partition coefficient (Wildman–Crippen LogP) is 0.935. The normalized spacial score (nSPS) is 10.6. The number of aromatic nitrogens is 1. The number of hydrogen-bond acceptors (Lipinski definition) is 3. The number of aromatic amines is 1. The highest BCUT2D eigenvalue weighted by molar-refractivity contribution is 5.83. The molecule has 90 valence electrons. The zero-order chi connectivity index (χ0) is 12.1. The maximum atomic E-state index is 11.1. The molecule has 0 unspecified atom stereocenters. The molecule has 0 spiro atoms. The Morgan fingerprint density at radius 2 is 2.24 bits per heavy atom. The van der Waals surface area contributed by atoms with Crippen LogP contribution in [-0.2, 0) is 16.1 Å². The lowest BCUT2D eigenvalue weighted by Gasteiger charge is -2.04. The number of H-pyrrole nitrogens is 1. The van der Waals surface area contributed by atoms with Crippen LogP contribution in [0.5, 0.6) is 0 Å². The molecule has 1 aromatic carbocycles. The Morgan fingerprint density at radius 1 is 1.41 bits per heavy atom. The van der Waals surface area contributed by atoms with Crippen molar-refractivity contribution in [2.24, 2.45) is 0 Å². The fourth-order valence-electron chi connectivity index (χ4n) is 1.68. The second-order valence-corrected chi connectivity index (χ2v) is 3.65. The molecule has 2 rings (SSSR count). The van der Waals surface area contributed by atoms with Crippen molar-refractivity contribution in [3.05, 3.63) is 36.0 Å². The van der Waals surface area contributed by atoms with Crippen LogP contribution in [-0.4, -0.2) is 24.5 Å². The number of rotatable bonds is 5. The summed E-state index contributed by atoms with van der Waals surface area (Å²) in [6.45, 7) is 0.460. The van der Waals surface area contributed by atoms with Gasteiger partial charge in [-0.2, -0.15) is 0 Å². The molecule has 0 bridgehead atoms. The monoisotopic (exact) mass is 233 g/mol. The summed E-state index contributed by atoms with van der Waals surface area (Å²) < 4.78 is 5.33. The fourth-order valence-corrected chi connectivity index (χ4v) is 1.68. The van der Waals surface area contributed by atoms with Crippen LogP contribution in [0.1, 0.15) is 5.56 Å². The van der Waals surface area contributed by atoms with Gasteiger partial charge in [0.25, 0.3) is 5.91 Å². The van der Waals surface area contributed by atoms with Gasteiger partial charge in [-0.15, -0.1) is 0 Å². The van der Waals surface area contributed by atoms with Gasteiger partial charge in [0, 0.05) is 29.7 Å². The summed E-state index contributed by atoms with van der Waals surface area (Å²) in [5.41, 5.74) is 7.12. The van der Waals surface area contributed by atoms with E-state index in [2.05, 4.69) is 15.8 Å². The van der Waals surface area contributed by atoms with Crippen molar-refractivity contribution in [1.29, 1.82) is 0 Å². The van der Waals surface area contributed by atoms with Crippen LogP contribution in [0.4, 0.5) is 0 Å². The summed E-state index contributed by atoms with van der Waals surface area (Å²) in [6.07, 6.45) is 1.90. The van der Waals surface area contributed by atoms with Crippen molar-refractivity contribution in [1.82, 2.24) is 15.8 Å². The summed E-state index contributed by atoms with van der Waals surface area (Å²) in [5, 5.41) is 1.13. The highest BCUT2D eigenvalue weighted by atomic mass is 16.5. The molecule has 5 nitrogen and oxygen atoms in total. The maximum Gasteiger partial charge on any atom is 0.260 e. The number of benzene rings is 1. The number of hydrazine groups is 1. The third-order valence-corrected chi connectivity index (χ3v) is 2.43. The predicted molar refractivity (Wildman–Crippen MR) is 65.2 cm³/mol. The van der Waals surface area contributed by atoms with Crippen molar-refractivity contribution in [2.45, 2.75) is 6.61 Å². The van der Waals surface area contributed by atoms with Crippen molar-refractivity contribution >= 4 is 16.8 Å². The van der Waals surface area contributed by atoms with E-state index >= 15 is 0 Å². The largest absolute Gasteiger partial charge is 0.367 e. The van der Waals surface area contributed by atoms with E-state index < -0.39 is 0 Å². The number of para-hydroxylation sites is 1. The van der Waals surface area contributed by atoms with E-state index in [-0.39, 0.29) is 12.5 Å². The highest BCUT2D eigenvalue weighted by Crippen LogP contribution is 2.18. The van der Waals surface area contributed by atoms with E-state index in [0.29, 0.717) is 6.61 Å². The molecule has 0 saturated carbocycles. The van der Waals surface area contributed by atoms with Crippen LogP contribution < -0.4 is 10.9 Å². The molecule has 1 aromatic heterocycles. The summed E-state index contributed by atoms with van der Waals surface area (Å²) in [5.74, 6) is -0.188. The van der Waals surface area contributed by atoms with Crippen LogP contribution in [0.2, 0.25) is 0 Å². The Labute approximate surface area is 99.1 Å². The lowest BCUT2D eigenvalue weighted by atomic mass is 10.2. The third kappa shape index (κ3) is 2.83. The van der Waals surface area contributed by atoms with Gasteiger partial charge < -0.3 is 9.72 Å². The number of hydrogen-bond donors (Lipinski definition) is 3. The molecule has 0 atom stereocenters. The molecule has 17 heavy (non-hydrogen) atoms. The Bertz CT molecular complexity index is 507. The van der Waals surface area contributed by atoms with Gasteiger partial charge in [-0.25, -0.2) is 5.43 Å². The second kappa shape index (κ2) is 5.47. The molecule has 0 aliphatic rings. The smallest absolute Gasteiger partial charge is 0.260 e. The SMILES string of the molecule is CNNC(=O)COCc1c[nH]c2ccccc12. The molecule has 0 aliphatic heterocycles. The number of carbonyl (C=O) groups is 1. The van der Waals surface area contributed by atoms with Crippen molar-refractivity contribution in [2.75, 3.05) is 13.7 Å². The highest BCUT2D eigenvalue weighted by Gasteiger charge is 2.04. The first-order valence-corrected chi connectivity index (χ1v) is 5.39. The second-order valence-electron chi connectivity index (χ2n) is 3.65. The maximum absolute atomic E-state index is 11.1. The fraction of sp³-hybridized carbons (Fsp3) is 0.250. The molecule has 0 aliphatic carbocycles. The lowest BCUT2D eigenvalue weighted by molar-refractivity contribution is -0.126. The summed E-state index contributed by atoms with van der Waals surface area (Å²) in [7, 11) is 1.64. The zero-order valence-corrected chi connectivity index (χ0v) is 9.62. The molecule has 5 heteroatoms. The van der Waals surface area contributed by atoms with E-state index in [0.717, 1.165) is 16.5 Å². The number of carbonyl (C=O) groups excluding carboxylic acids is 1. The number of amides is 1. The standard InChI is InChI=1S/C12H15N3O2/c1-13-15-12(16)8-17-7-9-6-14-11-5-3-2-4-10(9)11/h2-6,13-14H,7-8H2,1H3,(H,15,16). The first kappa shape index (κ1) is 11.6. The first-order valence-electron chi connectivity index (χ1n) is 5.39. The summed E-state index contributed by atoms with van der Waals surface area (Å²) in [6, 6.07) is 7.99. The van der Waals surface area contributed by atoms with Crippen LogP contribution in [0.3, 0.4) is 0 Å². The minimum absolute atomic E-state index is 0.0420. The first-order chi connectivity index (χ1) is 8.31. The molecule has 1 heterocycles. The van der Waals surface area contributed by atoms with Gasteiger partial charge in [-0.3, -0.25) is 10.2 Å². The molecule has 0 saturated heterocycles. The van der Waals surface area contributed by atoms with E-state index in [1.165, 1.54) is 0 Å². The number of fused-ring (bicyclic) bond motifs is 1. The zero-order valence-electron chi connectivity index (χ0n) is 9.62. The van der Waals surface area contributed by atoms with Crippen LogP contribution in [0.25, 0.3) is 10.9 Å². The summed E-state index contributed by atoms with van der Waals surface area (Å²) in [4.78, 5) is 14.3. The van der Waals surface area contributed by atoms with Gasteiger partial charge in [0.15, 0.2) is 0 Å². The van der Waals surface area contributed by atoms with Crippen molar-refractivity contribution in [3.8, 4) is 0 Å². The molecule has 3 N–H and O–H groups in total. The molecular weight excluding hydrogens is 218 g/mol. The van der Waals surface area contributed by atoms with Gasteiger partial charge in [-0.1, -0.05) is 18.2 Å². The lowest BCUT2D eigenvalue weighted by Crippen LogP contribution is -2.36. The molecule has 0 radical (unpaired) electrons. The van der Waals surface area contributed by atoms with Gasteiger partial charge in [-0.05, 0) is 6.07 Å². The van der Waals surface area contributed by atoms with Gasteiger partial charge >= 0.3 is 0 Å². The minimum Gasteiger partial charge on any atom is -0.367 e. The Morgan fingerprint density at radius 3 is 3.06 bits per heavy atom. The van der Waals surface area contributed by atoms with Gasteiger partial charge in [0.1, 0.15) is 6.61 Å². The van der Waals surface area contributed by atoms with Gasteiger partial charge in [0.05, 0.1) is 6.61 Å². The minimum atomic E-state index is -0.188. The van der Waals surface area contributed by atoms with E-state index in [4.69, 9.17) is 4.74 Å². The van der Waals surface area contributed by atoms with E-state index in [1.54, 1.807) is 7.05 Å². The van der Waals surface area contributed by atoms with Crippen LogP contribution >= 0.6 is 0 Å². The van der Waals surface area contributed by atoms with Crippen molar-refractivity contribution < 1.29 is 9.53 Å². The van der Waals surface area contributed by atoms with E-state index in [1.807, 2.05) is 30.5 Å². The topological polar surface area (TPSA) is 66.2 Å².